The van der Waals surface area contributed by atoms with E-state index >= 15 is 0 Å². The summed E-state index contributed by atoms with van der Waals surface area (Å²) in [5.41, 5.74) is 5.54. The second-order valence-corrected chi connectivity index (χ2v) is 6.11. The minimum Gasteiger partial charge on any atom is -0.446 e. The van der Waals surface area contributed by atoms with E-state index in [9.17, 15) is 8.42 Å². The quantitative estimate of drug-likeness (QED) is 0.907. The molecule has 0 radical (unpaired) electrons. The zero-order chi connectivity index (χ0) is 14.0. The van der Waals surface area contributed by atoms with Gasteiger partial charge in [-0.1, -0.05) is 23.2 Å². The summed E-state index contributed by atoms with van der Waals surface area (Å²) in [6.07, 6.45) is 0. The fraction of sp³-hybridized carbons (Fsp3) is 0.0909. The van der Waals surface area contributed by atoms with Crippen molar-refractivity contribution in [1.82, 2.24) is 0 Å². The molecule has 0 saturated heterocycles. The first kappa shape index (κ1) is 14.2. The molecule has 5 nitrogen and oxygen atoms in total. The van der Waals surface area contributed by atoms with Crippen molar-refractivity contribution in [3.8, 4) is 0 Å². The standard InChI is InChI=1S/C11H10Cl2N2O3S/c12-7-1-3-9(13)10(5-7)15-19(16,17)11-4-2-8(6-14)18-11/h1-5,15H,6,14H2. The SMILES string of the molecule is NCc1ccc(S(=O)(=O)Nc2cc(Cl)ccc2Cl)o1. The second kappa shape index (κ2) is 5.42. The van der Waals surface area contributed by atoms with Gasteiger partial charge in [-0.25, -0.2) is 0 Å². The Labute approximate surface area is 120 Å². The number of hydrogen-bond donors (Lipinski definition) is 2. The largest absolute Gasteiger partial charge is 0.446 e. The number of nitrogens with one attached hydrogen (secondary N) is 1. The van der Waals surface area contributed by atoms with Gasteiger partial charge in [-0.2, -0.15) is 8.42 Å². The van der Waals surface area contributed by atoms with Crippen molar-refractivity contribution >= 4 is 38.9 Å². The van der Waals surface area contributed by atoms with E-state index in [0.29, 0.717) is 10.8 Å². The van der Waals surface area contributed by atoms with Crippen molar-refractivity contribution in [1.29, 1.82) is 0 Å². The van der Waals surface area contributed by atoms with Crippen LogP contribution in [0, 0.1) is 0 Å². The Hall–Kier alpha value is -1.21. The molecule has 3 N–H and O–H groups in total. The van der Waals surface area contributed by atoms with Crippen LogP contribution in [0.1, 0.15) is 5.76 Å². The van der Waals surface area contributed by atoms with Gasteiger partial charge in [0.1, 0.15) is 5.76 Å². The van der Waals surface area contributed by atoms with Crippen LogP contribution in [0.4, 0.5) is 5.69 Å². The maximum Gasteiger partial charge on any atom is 0.295 e. The first-order valence-corrected chi connectivity index (χ1v) is 7.43. The number of halogens is 2. The third kappa shape index (κ3) is 3.22. The van der Waals surface area contributed by atoms with E-state index in [1.807, 2.05) is 0 Å². The van der Waals surface area contributed by atoms with Gasteiger partial charge >= 0.3 is 0 Å². The molecule has 0 aliphatic carbocycles. The molecule has 0 aliphatic heterocycles. The van der Waals surface area contributed by atoms with Crippen LogP contribution >= 0.6 is 23.2 Å². The molecule has 0 spiro atoms. The first-order valence-electron chi connectivity index (χ1n) is 5.19. The van der Waals surface area contributed by atoms with E-state index in [0.717, 1.165) is 0 Å². The molecule has 1 aromatic heterocycles. The minimum atomic E-state index is -3.86. The number of benzene rings is 1. The Morgan fingerprint density at radius 1 is 1.21 bits per heavy atom. The van der Waals surface area contributed by atoms with Gasteiger partial charge in [-0.15, -0.1) is 0 Å². The monoisotopic (exact) mass is 320 g/mol. The summed E-state index contributed by atoms with van der Waals surface area (Å²) < 4.78 is 31.5. The van der Waals surface area contributed by atoms with Gasteiger partial charge in [0.05, 0.1) is 17.3 Å². The molecular formula is C11H10Cl2N2O3S. The van der Waals surface area contributed by atoms with Gasteiger partial charge in [0.2, 0.25) is 5.09 Å². The summed E-state index contributed by atoms with van der Waals surface area (Å²) in [4.78, 5) is 0. The number of anilines is 1. The number of nitrogens with two attached hydrogens (primary N) is 1. The predicted octanol–water partition coefficient (Wildman–Crippen LogP) is 2.85. The predicted molar refractivity (Wildman–Crippen MR) is 73.9 cm³/mol. The number of sulfonamides is 1. The topological polar surface area (TPSA) is 85.3 Å². The highest BCUT2D eigenvalue weighted by Gasteiger charge is 2.20. The summed E-state index contributed by atoms with van der Waals surface area (Å²) in [5, 5.41) is 0.367. The van der Waals surface area contributed by atoms with Crippen molar-refractivity contribution in [3.05, 3.63) is 46.1 Å². The van der Waals surface area contributed by atoms with Crippen molar-refractivity contribution in [2.45, 2.75) is 11.6 Å². The van der Waals surface area contributed by atoms with Crippen molar-refractivity contribution < 1.29 is 12.8 Å². The highest BCUT2D eigenvalue weighted by molar-refractivity contribution is 7.92. The average Bonchev–Trinajstić information content (AvgIpc) is 2.83. The van der Waals surface area contributed by atoms with Crippen LogP contribution in [0.25, 0.3) is 0 Å². The van der Waals surface area contributed by atoms with E-state index in [4.69, 9.17) is 33.4 Å². The van der Waals surface area contributed by atoms with Gasteiger partial charge in [0.15, 0.2) is 0 Å². The molecule has 0 bridgehead atoms. The molecule has 2 rings (SSSR count). The van der Waals surface area contributed by atoms with E-state index in [1.165, 1.54) is 24.3 Å². The third-order valence-corrected chi connectivity index (χ3v) is 4.08. The third-order valence-electron chi connectivity index (χ3n) is 2.28. The van der Waals surface area contributed by atoms with E-state index in [-0.39, 0.29) is 22.3 Å². The lowest BCUT2D eigenvalue weighted by Crippen LogP contribution is -2.12. The van der Waals surface area contributed by atoms with Crippen molar-refractivity contribution in [3.63, 3.8) is 0 Å². The van der Waals surface area contributed by atoms with Crippen LogP contribution in [-0.2, 0) is 16.6 Å². The number of furan rings is 1. The van der Waals surface area contributed by atoms with Crippen LogP contribution in [0.15, 0.2) is 39.8 Å². The Kier molecular flexibility index (Phi) is 4.05. The smallest absolute Gasteiger partial charge is 0.295 e. The number of hydrogen-bond acceptors (Lipinski definition) is 4. The Bertz CT molecular complexity index is 698. The first-order chi connectivity index (χ1) is 8.92. The fourth-order valence-corrected chi connectivity index (χ4v) is 2.80. The number of rotatable bonds is 4. The highest BCUT2D eigenvalue weighted by atomic mass is 35.5. The molecule has 1 aromatic carbocycles. The van der Waals surface area contributed by atoms with Crippen LogP contribution in [-0.4, -0.2) is 8.42 Å². The minimum absolute atomic E-state index is 0.118. The van der Waals surface area contributed by atoms with Gasteiger partial charge < -0.3 is 10.2 Å². The van der Waals surface area contributed by atoms with Gasteiger partial charge in [-0.3, -0.25) is 4.72 Å². The lowest BCUT2D eigenvalue weighted by molar-refractivity contribution is 0.417. The molecule has 0 saturated carbocycles. The molecular weight excluding hydrogens is 311 g/mol. The molecule has 19 heavy (non-hydrogen) atoms. The second-order valence-electron chi connectivity index (χ2n) is 3.65. The van der Waals surface area contributed by atoms with Gasteiger partial charge in [0.25, 0.3) is 10.0 Å². The van der Waals surface area contributed by atoms with Crippen molar-refractivity contribution in [2.24, 2.45) is 5.73 Å². The molecule has 2 aromatic rings. The Morgan fingerprint density at radius 2 is 1.95 bits per heavy atom. The van der Waals surface area contributed by atoms with Gasteiger partial charge in [-0.05, 0) is 30.3 Å². The molecule has 0 atom stereocenters. The van der Waals surface area contributed by atoms with Crippen LogP contribution < -0.4 is 10.5 Å². The lowest BCUT2D eigenvalue weighted by Gasteiger charge is -2.07. The summed E-state index contributed by atoms with van der Waals surface area (Å²) in [7, 11) is -3.86. The molecule has 0 fully saturated rings. The van der Waals surface area contributed by atoms with Gasteiger partial charge in [0, 0.05) is 5.02 Å². The normalized spacial score (nSPS) is 11.5. The van der Waals surface area contributed by atoms with E-state index in [1.54, 1.807) is 6.07 Å². The molecule has 8 heteroatoms. The maximum absolute atomic E-state index is 12.0. The maximum atomic E-state index is 12.0. The lowest BCUT2D eigenvalue weighted by atomic mass is 10.3. The highest BCUT2D eigenvalue weighted by Crippen LogP contribution is 2.28. The Morgan fingerprint density at radius 3 is 2.58 bits per heavy atom. The van der Waals surface area contributed by atoms with E-state index < -0.39 is 10.0 Å². The summed E-state index contributed by atoms with van der Waals surface area (Å²) in [5.74, 6) is 0.373. The van der Waals surface area contributed by atoms with Crippen LogP contribution in [0.5, 0.6) is 0 Å². The summed E-state index contributed by atoms with van der Waals surface area (Å²) in [6.45, 7) is 0.118. The Balaban J connectivity index is 2.33. The van der Waals surface area contributed by atoms with Crippen LogP contribution in [0.2, 0.25) is 10.0 Å². The summed E-state index contributed by atoms with van der Waals surface area (Å²) >= 11 is 11.7. The van der Waals surface area contributed by atoms with E-state index in [2.05, 4.69) is 4.72 Å². The average molecular weight is 321 g/mol. The molecule has 102 valence electrons. The molecule has 0 aliphatic rings. The van der Waals surface area contributed by atoms with Crippen molar-refractivity contribution in [2.75, 3.05) is 4.72 Å². The molecule has 0 unspecified atom stereocenters. The zero-order valence-electron chi connectivity index (χ0n) is 9.56. The molecule has 0 amide bonds. The fourth-order valence-electron chi connectivity index (χ4n) is 1.38. The van der Waals surface area contributed by atoms with Crippen LogP contribution in [0.3, 0.4) is 0 Å². The zero-order valence-corrected chi connectivity index (χ0v) is 11.9. The summed E-state index contributed by atoms with van der Waals surface area (Å²) in [6, 6.07) is 7.28. The molecule has 1 heterocycles.